The fraction of sp³-hybridized carbons (Fsp3) is 0.375. The summed E-state index contributed by atoms with van der Waals surface area (Å²) in [5, 5.41) is 4.24. The lowest BCUT2D eigenvalue weighted by atomic mass is 10.3. The van der Waals surface area contributed by atoms with Crippen molar-refractivity contribution < 1.29 is 0 Å². The molecule has 5 heteroatoms. The highest BCUT2D eigenvalue weighted by Crippen LogP contribution is 1.98. The number of fused-ring (bicyclic) bond motifs is 1. The minimum absolute atomic E-state index is 0.648. The van der Waals surface area contributed by atoms with Crippen LogP contribution in [0.15, 0.2) is 18.5 Å². The van der Waals surface area contributed by atoms with Gasteiger partial charge in [-0.25, -0.2) is 9.50 Å². The molecule has 2 aromatic heterocycles. The van der Waals surface area contributed by atoms with Gasteiger partial charge in [0.15, 0.2) is 5.82 Å². The molecule has 2 rings (SSSR count). The molecule has 5 nitrogen and oxygen atoms in total. The summed E-state index contributed by atoms with van der Waals surface area (Å²) in [6, 6.07) is 1.83. The summed E-state index contributed by atoms with van der Waals surface area (Å²) in [5.41, 5.74) is 5.39. The lowest BCUT2D eigenvalue weighted by Gasteiger charge is -1.88. The number of aromatic nitrogens is 4. The standard InChI is InChI=1S/C8H11N5/c9-4-1-3-7-11-8-10-5-2-6-13(8)12-7/h2,5-6H,1,3-4,9H2. The largest absolute Gasteiger partial charge is 0.330 e. The predicted octanol–water partition coefficient (Wildman–Crippen LogP) is 0.0156. The SMILES string of the molecule is NCCCc1nc2ncccn2n1. The van der Waals surface area contributed by atoms with Gasteiger partial charge >= 0.3 is 0 Å². The fourth-order valence-electron chi connectivity index (χ4n) is 1.14. The van der Waals surface area contributed by atoms with Crippen molar-refractivity contribution in [2.24, 2.45) is 5.73 Å². The minimum Gasteiger partial charge on any atom is -0.330 e. The van der Waals surface area contributed by atoms with E-state index in [1.807, 2.05) is 12.3 Å². The molecular weight excluding hydrogens is 166 g/mol. The van der Waals surface area contributed by atoms with Crippen molar-refractivity contribution in [2.75, 3.05) is 6.54 Å². The second-order valence-corrected chi connectivity index (χ2v) is 2.78. The molecule has 0 spiro atoms. The Balaban J connectivity index is 2.28. The van der Waals surface area contributed by atoms with E-state index in [0.717, 1.165) is 18.7 Å². The third kappa shape index (κ3) is 1.65. The number of hydrogen-bond acceptors (Lipinski definition) is 4. The van der Waals surface area contributed by atoms with Gasteiger partial charge in [0.25, 0.3) is 5.78 Å². The molecule has 68 valence electrons. The topological polar surface area (TPSA) is 69.1 Å². The Bertz CT molecular complexity index is 361. The van der Waals surface area contributed by atoms with Crippen LogP contribution in [0.3, 0.4) is 0 Å². The number of nitrogens with two attached hydrogens (primary N) is 1. The lowest BCUT2D eigenvalue weighted by Crippen LogP contribution is -2.01. The maximum absolute atomic E-state index is 5.39. The van der Waals surface area contributed by atoms with Crippen molar-refractivity contribution in [1.29, 1.82) is 0 Å². The van der Waals surface area contributed by atoms with Crippen LogP contribution in [-0.2, 0) is 6.42 Å². The average molecular weight is 177 g/mol. The highest BCUT2D eigenvalue weighted by atomic mass is 15.3. The van der Waals surface area contributed by atoms with E-state index < -0.39 is 0 Å². The van der Waals surface area contributed by atoms with E-state index in [1.165, 1.54) is 0 Å². The quantitative estimate of drug-likeness (QED) is 0.717. The normalized spacial score (nSPS) is 10.8. The van der Waals surface area contributed by atoms with E-state index in [9.17, 15) is 0 Å². The van der Waals surface area contributed by atoms with E-state index in [-0.39, 0.29) is 0 Å². The maximum Gasteiger partial charge on any atom is 0.252 e. The van der Waals surface area contributed by atoms with Gasteiger partial charge in [0.1, 0.15) is 0 Å². The van der Waals surface area contributed by atoms with Crippen LogP contribution in [0.2, 0.25) is 0 Å². The van der Waals surface area contributed by atoms with Gasteiger partial charge in [0.05, 0.1) is 0 Å². The number of aryl methyl sites for hydroxylation is 1. The van der Waals surface area contributed by atoms with Gasteiger partial charge in [-0.15, -0.1) is 5.10 Å². The van der Waals surface area contributed by atoms with E-state index >= 15 is 0 Å². The Kier molecular flexibility index (Phi) is 2.18. The molecule has 0 fully saturated rings. The number of nitrogens with zero attached hydrogens (tertiary/aromatic N) is 4. The molecule has 13 heavy (non-hydrogen) atoms. The Hall–Kier alpha value is -1.49. The third-order valence-electron chi connectivity index (χ3n) is 1.76. The summed E-state index contributed by atoms with van der Waals surface area (Å²) in [4.78, 5) is 8.30. The Morgan fingerprint density at radius 2 is 2.38 bits per heavy atom. The molecule has 0 saturated carbocycles. The second-order valence-electron chi connectivity index (χ2n) is 2.78. The molecule has 0 amide bonds. The van der Waals surface area contributed by atoms with Crippen LogP contribution in [0.1, 0.15) is 12.2 Å². The van der Waals surface area contributed by atoms with Crippen LogP contribution in [0, 0.1) is 0 Å². The zero-order valence-electron chi connectivity index (χ0n) is 7.22. The smallest absolute Gasteiger partial charge is 0.252 e. The molecule has 0 aliphatic rings. The molecule has 0 unspecified atom stereocenters. The van der Waals surface area contributed by atoms with Gasteiger partial charge in [-0.3, -0.25) is 0 Å². The monoisotopic (exact) mass is 177 g/mol. The molecule has 0 aromatic carbocycles. The Morgan fingerprint density at radius 3 is 3.15 bits per heavy atom. The molecule has 0 aliphatic carbocycles. The van der Waals surface area contributed by atoms with Gasteiger partial charge < -0.3 is 5.73 Å². The molecule has 0 radical (unpaired) electrons. The number of rotatable bonds is 3. The van der Waals surface area contributed by atoms with E-state index in [0.29, 0.717) is 12.3 Å². The zero-order chi connectivity index (χ0) is 9.10. The molecule has 2 aromatic rings. The van der Waals surface area contributed by atoms with Crippen LogP contribution in [-0.4, -0.2) is 26.1 Å². The highest BCUT2D eigenvalue weighted by molar-refractivity contribution is 5.24. The first-order chi connectivity index (χ1) is 6.40. The van der Waals surface area contributed by atoms with Crippen LogP contribution < -0.4 is 5.73 Å². The second kappa shape index (κ2) is 3.49. The van der Waals surface area contributed by atoms with Crippen molar-refractivity contribution in [1.82, 2.24) is 19.6 Å². The molecular formula is C8H11N5. The molecule has 0 saturated heterocycles. The van der Waals surface area contributed by atoms with Crippen LogP contribution in [0.5, 0.6) is 0 Å². The van der Waals surface area contributed by atoms with Crippen molar-refractivity contribution in [2.45, 2.75) is 12.8 Å². The molecule has 0 aliphatic heterocycles. The fourth-order valence-corrected chi connectivity index (χ4v) is 1.14. The molecule has 2 heterocycles. The van der Waals surface area contributed by atoms with Crippen molar-refractivity contribution in [3.63, 3.8) is 0 Å². The zero-order valence-corrected chi connectivity index (χ0v) is 7.22. The Morgan fingerprint density at radius 1 is 1.46 bits per heavy atom. The first-order valence-corrected chi connectivity index (χ1v) is 4.26. The van der Waals surface area contributed by atoms with Crippen molar-refractivity contribution in [3.8, 4) is 0 Å². The summed E-state index contributed by atoms with van der Waals surface area (Å²) in [7, 11) is 0. The predicted molar refractivity (Wildman–Crippen MR) is 48.2 cm³/mol. The average Bonchev–Trinajstić information content (AvgIpc) is 2.57. The summed E-state index contributed by atoms with van der Waals surface area (Å²) in [6.45, 7) is 0.670. The maximum atomic E-state index is 5.39. The summed E-state index contributed by atoms with van der Waals surface area (Å²) in [6.07, 6.45) is 5.27. The van der Waals surface area contributed by atoms with Crippen LogP contribution in [0.25, 0.3) is 5.78 Å². The highest BCUT2D eigenvalue weighted by Gasteiger charge is 2.01. The van der Waals surface area contributed by atoms with Crippen LogP contribution >= 0.6 is 0 Å². The Labute approximate surface area is 75.6 Å². The van der Waals surface area contributed by atoms with Gasteiger partial charge in [0, 0.05) is 18.8 Å². The van der Waals surface area contributed by atoms with E-state index in [2.05, 4.69) is 15.1 Å². The van der Waals surface area contributed by atoms with E-state index in [1.54, 1.807) is 10.7 Å². The lowest BCUT2D eigenvalue weighted by molar-refractivity contribution is 0.774. The van der Waals surface area contributed by atoms with Crippen LogP contribution in [0.4, 0.5) is 0 Å². The van der Waals surface area contributed by atoms with E-state index in [4.69, 9.17) is 5.73 Å². The molecule has 0 atom stereocenters. The van der Waals surface area contributed by atoms with Crippen molar-refractivity contribution in [3.05, 3.63) is 24.3 Å². The van der Waals surface area contributed by atoms with Crippen molar-refractivity contribution >= 4 is 5.78 Å². The molecule has 2 N–H and O–H groups in total. The van der Waals surface area contributed by atoms with Gasteiger partial charge in [-0.2, -0.15) is 4.98 Å². The first kappa shape index (κ1) is 8.12. The first-order valence-electron chi connectivity index (χ1n) is 4.26. The van der Waals surface area contributed by atoms with Gasteiger partial charge in [0.2, 0.25) is 0 Å². The molecule has 0 bridgehead atoms. The number of hydrogen-bond donors (Lipinski definition) is 1. The van der Waals surface area contributed by atoms with Gasteiger partial charge in [-0.1, -0.05) is 0 Å². The minimum atomic E-state index is 0.648. The van der Waals surface area contributed by atoms with Gasteiger partial charge in [-0.05, 0) is 19.0 Å². The summed E-state index contributed by atoms with van der Waals surface area (Å²) < 4.78 is 1.67. The summed E-state index contributed by atoms with van der Waals surface area (Å²) in [5.74, 6) is 1.46. The third-order valence-corrected chi connectivity index (χ3v) is 1.76. The summed E-state index contributed by atoms with van der Waals surface area (Å²) >= 11 is 0.